The third kappa shape index (κ3) is 10.9. The van der Waals surface area contributed by atoms with Crippen molar-refractivity contribution in [3.05, 3.63) is 35.4 Å². The number of sulfonamides is 1. The van der Waals surface area contributed by atoms with Crippen molar-refractivity contribution in [2.75, 3.05) is 26.8 Å². The van der Waals surface area contributed by atoms with E-state index in [2.05, 4.69) is 20.3 Å². The molecule has 26 heavy (non-hydrogen) atoms. The van der Waals surface area contributed by atoms with E-state index in [4.69, 9.17) is 4.74 Å². The van der Waals surface area contributed by atoms with E-state index in [1.165, 1.54) is 0 Å². The highest BCUT2D eigenvalue weighted by Gasteiger charge is 2.12. The lowest BCUT2D eigenvalue weighted by atomic mass is 10.1. The number of ether oxygens (including phenoxy) is 1. The lowest BCUT2D eigenvalue weighted by molar-refractivity contribution is 0.203. The first-order valence-electron chi connectivity index (χ1n) is 8.45. The minimum absolute atomic E-state index is 0. The number of hydrogen-bond acceptors (Lipinski definition) is 4. The van der Waals surface area contributed by atoms with Crippen molar-refractivity contribution < 1.29 is 13.2 Å². The van der Waals surface area contributed by atoms with E-state index >= 15 is 0 Å². The van der Waals surface area contributed by atoms with Gasteiger partial charge in [-0.2, -0.15) is 0 Å². The van der Waals surface area contributed by atoms with Crippen LogP contribution in [0.2, 0.25) is 0 Å². The van der Waals surface area contributed by atoms with Crippen molar-refractivity contribution in [1.82, 2.24) is 15.4 Å². The number of methoxy groups -OCH3 is 1. The number of guanidine groups is 1. The van der Waals surface area contributed by atoms with Crippen molar-refractivity contribution in [3.8, 4) is 0 Å². The van der Waals surface area contributed by atoms with E-state index in [0.29, 0.717) is 19.7 Å². The molecular weight excluding hydrogens is 467 g/mol. The van der Waals surface area contributed by atoms with Gasteiger partial charge < -0.3 is 15.4 Å². The van der Waals surface area contributed by atoms with Crippen molar-refractivity contribution in [3.63, 3.8) is 0 Å². The number of nitrogens with one attached hydrogen (secondary N) is 3. The fraction of sp³-hybridized carbons (Fsp3) is 0.588. The summed E-state index contributed by atoms with van der Waals surface area (Å²) in [4.78, 5) is 4.51. The van der Waals surface area contributed by atoms with Crippen LogP contribution < -0.4 is 15.4 Å². The summed E-state index contributed by atoms with van der Waals surface area (Å²) in [6, 6.07) is 7.37. The predicted octanol–water partition coefficient (Wildman–Crippen LogP) is 1.83. The molecule has 3 N–H and O–H groups in total. The van der Waals surface area contributed by atoms with Crippen LogP contribution in [-0.2, 0) is 27.1 Å². The van der Waals surface area contributed by atoms with E-state index in [1.54, 1.807) is 21.0 Å². The zero-order valence-corrected chi connectivity index (χ0v) is 19.1. The highest BCUT2D eigenvalue weighted by Crippen LogP contribution is 2.09. The third-order valence-electron chi connectivity index (χ3n) is 3.16. The van der Waals surface area contributed by atoms with Gasteiger partial charge >= 0.3 is 0 Å². The normalized spacial score (nSPS) is 12.0. The van der Waals surface area contributed by atoms with Gasteiger partial charge in [-0.1, -0.05) is 24.3 Å². The Kier molecular flexibility index (Phi) is 12.8. The van der Waals surface area contributed by atoms with Gasteiger partial charge in [0.2, 0.25) is 10.0 Å². The molecule has 0 radical (unpaired) electrons. The molecular formula is C17H31IN4O3S. The standard InChI is InChI=1S/C17H30N4O3S.HI/c1-5-18-17(19-10-11-24-4)20-12-15-6-8-16(9-7-15)13-25(22,23)21-14(2)3;/h6-9,14,21H,5,10-13H2,1-4H3,(H2,18,19,20);1H. The van der Waals surface area contributed by atoms with E-state index in [1.807, 2.05) is 31.2 Å². The maximum absolute atomic E-state index is 11.9. The minimum atomic E-state index is -3.30. The fourth-order valence-electron chi connectivity index (χ4n) is 2.14. The second kappa shape index (κ2) is 13.3. The Labute approximate surface area is 174 Å². The van der Waals surface area contributed by atoms with E-state index in [9.17, 15) is 8.42 Å². The Bertz CT molecular complexity index is 634. The van der Waals surface area contributed by atoms with Crippen LogP contribution in [0.1, 0.15) is 31.9 Å². The van der Waals surface area contributed by atoms with Crippen LogP contribution in [0.5, 0.6) is 0 Å². The van der Waals surface area contributed by atoms with Crippen molar-refractivity contribution in [2.24, 2.45) is 4.99 Å². The summed E-state index contributed by atoms with van der Waals surface area (Å²) in [5, 5.41) is 6.35. The molecule has 7 nitrogen and oxygen atoms in total. The van der Waals surface area contributed by atoms with Crippen molar-refractivity contribution in [2.45, 2.75) is 39.1 Å². The largest absolute Gasteiger partial charge is 0.383 e. The quantitative estimate of drug-likeness (QED) is 0.198. The molecule has 0 saturated heterocycles. The maximum atomic E-state index is 11.9. The van der Waals surface area contributed by atoms with E-state index < -0.39 is 10.0 Å². The Morgan fingerprint density at radius 3 is 2.31 bits per heavy atom. The molecule has 1 rings (SSSR count). The summed E-state index contributed by atoms with van der Waals surface area (Å²) >= 11 is 0. The number of halogens is 1. The number of benzene rings is 1. The van der Waals surface area contributed by atoms with Gasteiger partial charge in [0.05, 0.1) is 18.9 Å². The molecule has 0 saturated carbocycles. The number of aliphatic imine (C=N–C) groups is 1. The molecule has 0 amide bonds. The lowest BCUT2D eigenvalue weighted by Crippen LogP contribution is -2.38. The van der Waals surface area contributed by atoms with Crippen LogP contribution in [0.15, 0.2) is 29.3 Å². The SMILES string of the molecule is CCNC(=NCc1ccc(CS(=O)(=O)NC(C)C)cc1)NCCOC.I. The highest BCUT2D eigenvalue weighted by molar-refractivity contribution is 14.0. The van der Waals surface area contributed by atoms with Crippen LogP contribution in [0.4, 0.5) is 0 Å². The third-order valence-corrected chi connectivity index (χ3v) is 4.70. The van der Waals surface area contributed by atoms with Crippen molar-refractivity contribution >= 4 is 40.0 Å². The zero-order valence-electron chi connectivity index (χ0n) is 15.9. The number of nitrogens with zero attached hydrogens (tertiary/aromatic N) is 1. The van der Waals surface area contributed by atoms with Gasteiger partial charge in [-0.25, -0.2) is 18.1 Å². The monoisotopic (exact) mass is 498 g/mol. The summed E-state index contributed by atoms with van der Waals surface area (Å²) in [6.45, 7) is 8.20. The van der Waals surface area contributed by atoms with Crippen LogP contribution in [0, 0.1) is 0 Å². The molecule has 0 atom stereocenters. The van der Waals surface area contributed by atoms with E-state index in [0.717, 1.165) is 23.6 Å². The average Bonchev–Trinajstić information content (AvgIpc) is 2.52. The van der Waals surface area contributed by atoms with Gasteiger partial charge in [0, 0.05) is 26.2 Å². The Balaban J connectivity index is 0.00000625. The number of hydrogen-bond donors (Lipinski definition) is 3. The van der Waals surface area contributed by atoms with E-state index in [-0.39, 0.29) is 35.8 Å². The molecule has 0 aliphatic carbocycles. The molecule has 0 aliphatic rings. The molecule has 0 heterocycles. The number of rotatable bonds is 10. The molecule has 0 spiro atoms. The smallest absolute Gasteiger partial charge is 0.216 e. The maximum Gasteiger partial charge on any atom is 0.216 e. The molecule has 9 heteroatoms. The summed E-state index contributed by atoms with van der Waals surface area (Å²) in [5.41, 5.74) is 1.77. The van der Waals surface area contributed by atoms with Gasteiger partial charge in [-0.15, -0.1) is 24.0 Å². The van der Waals surface area contributed by atoms with Crippen LogP contribution >= 0.6 is 24.0 Å². The second-order valence-electron chi connectivity index (χ2n) is 5.96. The van der Waals surface area contributed by atoms with Gasteiger partial charge in [-0.05, 0) is 31.9 Å². The highest BCUT2D eigenvalue weighted by atomic mass is 127. The fourth-order valence-corrected chi connectivity index (χ4v) is 3.58. The van der Waals surface area contributed by atoms with Gasteiger partial charge in [0.15, 0.2) is 5.96 Å². The summed E-state index contributed by atoms with van der Waals surface area (Å²) < 4.78 is 31.5. The summed E-state index contributed by atoms with van der Waals surface area (Å²) in [6.07, 6.45) is 0. The molecule has 1 aromatic rings. The topological polar surface area (TPSA) is 91.8 Å². The molecule has 0 bridgehead atoms. The first-order chi connectivity index (χ1) is 11.9. The predicted molar refractivity (Wildman–Crippen MR) is 117 cm³/mol. The zero-order chi connectivity index (χ0) is 18.7. The molecule has 1 aromatic carbocycles. The second-order valence-corrected chi connectivity index (χ2v) is 7.72. The first kappa shape index (κ1) is 25.1. The first-order valence-corrected chi connectivity index (χ1v) is 10.1. The molecule has 0 aromatic heterocycles. The van der Waals surface area contributed by atoms with Gasteiger partial charge in [0.25, 0.3) is 0 Å². The Morgan fingerprint density at radius 2 is 1.77 bits per heavy atom. The molecule has 0 aliphatic heterocycles. The Hall–Kier alpha value is -0.910. The van der Waals surface area contributed by atoms with Crippen LogP contribution in [0.25, 0.3) is 0 Å². The Morgan fingerprint density at radius 1 is 1.15 bits per heavy atom. The van der Waals surface area contributed by atoms with Crippen LogP contribution in [-0.4, -0.2) is 47.2 Å². The van der Waals surface area contributed by atoms with Gasteiger partial charge in [-0.3, -0.25) is 0 Å². The van der Waals surface area contributed by atoms with Crippen molar-refractivity contribution in [1.29, 1.82) is 0 Å². The summed E-state index contributed by atoms with van der Waals surface area (Å²) in [5.74, 6) is 0.711. The molecule has 0 fully saturated rings. The molecule has 150 valence electrons. The minimum Gasteiger partial charge on any atom is -0.383 e. The molecule has 0 unspecified atom stereocenters. The lowest BCUT2D eigenvalue weighted by Gasteiger charge is -2.11. The van der Waals surface area contributed by atoms with Gasteiger partial charge in [0.1, 0.15) is 0 Å². The average molecular weight is 498 g/mol. The summed E-state index contributed by atoms with van der Waals surface area (Å²) in [7, 11) is -1.65. The van der Waals surface area contributed by atoms with Crippen LogP contribution in [0.3, 0.4) is 0 Å².